The van der Waals surface area contributed by atoms with Crippen molar-refractivity contribution < 1.29 is 4.74 Å². The van der Waals surface area contributed by atoms with Crippen LogP contribution in [-0.4, -0.2) is 41.1 Å². The van der Waals surface area contributed by atoms with Crippen LogP contribution in [0.1, 0.15) is 29.5 Å². The highest BCUT2D eigenvalue weighted by molar-refractivity contribution is 5.63. The van der Waals surface area contributed by atoms with E-state index < -0.39 is 0 Å². The van der Waals surface area contributed by atoms with Crippen molar-refractivity contribution in [2.75, 3.05) is 36.9 Å². The van der Waals surface area contributed by atoms with Crippen molar-refractivity contribution in [1.29, 1.82) is 5.26 Å². The predicted octanol–water partition coefficient (Wildman–Crippen LogP) is 4.93. The molecule has 0 unspecified atom stereocenters. The monoisotopic (exact) mass is 428 g/mol. The van der Waals surface area contributed by atoms with Crippen molar-refractivity contribution >= 4 is 23.1 Å². The van der Waals surface area contributed by atoms with Gasteiger partial charge < -0.3 is 15.4 Å². The standard InChI is InChI=1S/C25H28N6O/c1-18-15-22(6-5-20(18)16-26)28-24-19(2)17-27-25(30-24)29-21-7-9-23(10-8-21)32-14-13-31-11-3-4-12-31/h5-10,15,17H,3-4,11-14H2,1-2H3,(H2,27,28,29,30). The van der Waals surface area contributed by atoms with Crippen LogP contribution < -0.4 is 15.4 Å². The van der Waals surface area contributed by atoms with Crippen molar-refractivity contribution in [1.82, 2.24) is 14.9 Å². The van der Waals surface area contributed by atoms with E-state index in [0.29, 0.717) is 23.9 Å². The highest BCUT2D eigenvalue weighted by Crippen LogP contribution is 2.23. The Morgan fingerprint density at radius 1 is 1.00 bits per heavy atom. The zero-order valence-corrected chi connectivity index (χ0v) is 18.6. The van der Waals surface area contributed by atoms with Crippen LogP contribution in [0.5, 0.6) is 5.75 Å². The van der Waals surface area contributed by atoms with Gasteiger partial charge in [0.05, 0.1) is 11.6 Å². The summed E-state index contributed by atoms with van der Waals surface area (Å²) in [5.74, 6) is 2.08. The van der Waals surface area contributed by atoms with Crippen LogP contribution in [0.3, 0.4) is 0 Å². The summed E-state index contributed by atoms with van der Waals surface area (Å²) in [4.78, 5) is 11.5. The maximum absolute atomic E-state index is 9.12. The molecule has 0 aliphatic carbocycles. The summed E-state index contributed by atoms with van der Waals surface area (Å²) in [6.07, 6.45) is 4.38. The van der Waals surface area contributed by atoms with E-state index in [1.54, 1.807) is 6.20 Å². The van der Waals surface area contributed by atoms with Crippen LogP contribution in [0.4, 0.5) is 23.1 Å². The molecule has 0 amide bonds. The van der Waals surface area contributed by atoms with Gasteiger partial charge in [-0.25, -0.2) is 4.98 Å². The molecule has 1 fully saturated rings. The Labute approximate surface area is 189 Å². The highest BCUT2D eigenvalue weighted by atomic mass is 16.5. The second kappa shape index (κ2) is 10.1. The minimum atomic E-state index is 0.506. The fourth-order valence-corrected chi connectivity index (χ4v) is 3.69. The first kappa shape index (κ1) is 21.6. The van der Waals surface area contributed by atoms with Crippen LogP contribution in [0.2, 0.25) is 0 Å². The van der Waals surface area contributed by atoms with E-state index in [1.165, 1.54) is 25.9 Å². The molecule has 1 saturated heterocycles. The molecule has 0 atom stereocenters. The smallest absolute Gasteiger partial charge is 0.229 e. The third-order valence-electron chi connectivity index (χ3n) is 5.57. The number of anilines is 4. The van der Waals surface area contributed by atoms with Gasteiger partial charge in [-0.1, -0.05) is 0 Å². The Morgan fingerprint density at radius 3 is 2.47 bits per heavy atom. The Balaban J connectivity index is 1.36. The second-order valence-corrected chi connectivity index (χ2v) is 8.04. The summed E-state index contributed by atoms with van der Waals surface area (Å²) in [7, 11) is 0. The van der Waals surface area contributed by atoms with Crippen LogP contribution in [-0.2, 0) is 0 Å². The van der Waals surface area contributed by atoms with E-state index >= 15 is 0 Å². The van der Waals surface area contributed by atoms with Crippen molar-refractivity contribution in [3.05, 3.63) is 65.4 Å². The molecule has 3 aromatic rings. The molecule has 2 aromatic carbocycles. The summed E-state index contributed by atoms with van der Waals surface area (Å²) < 4.78 is 5.87. The quantitative estimate of drug-likeness (QED) is 0.526. The first-order chi connectivity index (χ1) is 15.6. The van der Waals surface area contributed by atoms with E-state index in [1.807, 2.05) is 56.3 Å². The first-order valence-electron chi connectivity index (χ1n) is 10.9. The van der Waals surface area contributed by atoms with Gasteiger partial charge in [-0.3, -0.25) is 4.90 Å². The van der Waals surface area contributed by atoms with Gasteiger partial charge in [0.25, 0.3) is 0 Å². The van der Waals surface area contributed by atoms with Crippen molar-refractivity contribution in [3.63, 3.8) is 0 Å². The van der Waals surface area contributed by atoms with Gasteiger partial charge in [0.2, 0.25) is 5.95 Å². The van der Waals surface area contributed by atoms with Gasteiger partial charge in [0.1, 0.15) is 18.2 Å². The summed E-state index contributed by atoms with van der Waals surface area (Å²) in [6.45, 7) is 7.93. The Morgan fingerprint density at radius 2 is 1.75 bits per heavy atom. The molecule has 1 aliphatic heterocycles. The average Bonchev–Trinajstić information content (AvgIpc) is 3.31. The van der Waals surface area contributed by atoms with Gasteiger partial charge in [-0.15, -0.1) is 0 Å². The van der Waals surface area contributed by atoms with Crippen molar-refractivity contribution in [2.24, 2.45) is 0 Å². The van der Waals surface area contributed by atoms with Crippen LogP contribution in [0, 0.1) is 25.2 Å². The molecule has 4 rings (SSSR count). The second-order valence-electron chi connectivity index (χ2n) is 8.04. The number of nitriles is 1. The minimum Gasteiger partial charge on any atom is -0.492 e. The number of aryl methyl sites for hydroxylation is 2. The molecule has 2 heterocycles. The molecule has 0 saturated carbocycles. The number of nitrogens with one attached hydrogen (secondary N) is 2. The molecule has 0 bridgehead atoms. The van der Waals surface area contributed by atoms with Gasteiger partial charge >= 0.3 is 0 Å². The Kier molecular flexibility index (Phi) is 6.83. The molecule has 32 heavy (non-hydrogen) atoms. The van der Waals surface area contributed by atoms with Gasteiger partial charge in [0.15, 0.2) is 0 Å². The average molecular weight is 429 g/mol. The number of hydrogen-bond donors (Lipinski definition) is 2. The van der Waals surface area contributed by atoms with Crippen molar-refractivity contribution in [2.45, 2.75) is 26.7 Å². The zero-order chi connectivity index (χ0) is 22.3. The highest BCUT2D eigenvalue weighted by Gasteiger charge is 2.11. The first-order valence-corrected chi connectivity index (χ1v) is 10.9. The number of hydrogen-bond acceptors (Lipinski definition) is 7. The van der Waals surface area contributed by atoms with E-state index in [2.05, 4.69) is 31.6 Å². The third kappa shape index (κ3) is 5.54. The molecule has 1 aromatic heterocycles. The Hall–Kier alpha value is -3.63. The zero-order valence-electron chi connectivity index (χ0n) is 18.6. The molecule has 2 N–H and O–H groups in total. The van der Waals surface area contributed by atoms with Gasteiger partial charge in [-0.2, -0.15) is 10.2 Å². The number of aromatic nitrogens is 2. The summed E-state index contributed by atoms with van der Waals surface area (Å²) in [6, 6.07) is 15.7. The van der Waals surface area contributed by atoms with Crippen LogP contribution in [0.25, 0.3) is 0 Å². The van der Waals surface area contributed by atoms with E-state index in [0.717, 1.165) is 34.8 Å². The number of ether oxygens (including phenoxy) is 1. The normalized spacial score (nSPS) is 13.5. The molecule has 164 valence electrons. The maximum atomic E-state index is 9.12. The summed E-state index contributed by atoms with van der Waals surface area (Å²) >= 11 is 0. The van der Waals surface area contributed by atoms with Crippen LogP contribution >= 0.6 is 0 Å². The summed E-state index contributed by atoms with van der Waals surface area (Å²) in [5, 5.41) is 15.7. The molecule has 0 radical (unpaired) electrons. The molecule has 1 aliphatic rings. The topological polar surface area (TPSA) is 86.1 Å². The number of rotatable bonds is 8. The molecule has 0 spiro atoms. The van der Waals surface area contributed by atoms with E-state index in [9.17, 15) is 0 Å². The fourth-order valence-electron chi connectivity index (χ4n) is 3.69. The molecule has 7 nitrogen and oxygen atoms in total. The lowest BCUT2D eigenvalue weighted by atomic mass is 10.1. The van der Waals surface area contributed by atoms with E-state index in [4.69, 9.17) is 10.00 Å². The van der Waals surface area contributed by atoms with E-state index in [-0.39, 0.29) is 0 Å². The molecular weight excluding hydrogens is 400 g/mol. The summed E-state index contributed by atoms with van der Waals surface area (Å²) in [5.41, 5.74) is 4.29. The van der Waals surface area contributed by atoms with Gasteiger partial charge in [0, 0.05) is 29.7 Å². The fraction of sp³-hybridized carbons (Fsp3) is 0.320. The number of nitrogens with zero attached hydrogens (tertiary/aromatic N) is 4. The Bertz CT molecular complexity index is 1100. The largest absolute Gasteiger partial charge is 0.492 e. The van der Waals surface area contributed by atoms with Crippen molar-refractivity contribution in [3.8, 4) is 11.8 Å². The maximum Gasteiger partial charge on any atom is 0.229 e. The number of likely N-dealkylation sites (tertiary alicyclic amines) is 1. The van der Waals surface area contributed by atoms with Gasteiger partial charge in [-0.05, 0) is 87.8 Å². The predicted molar refractivity (Wildman–Crippen MR) is 127 cm³/mol. The molecular formula is C25H28N6O. The lowest BCUT2D eigenvalue weighted by Gasteiger charge is -2.15. The lowest BCUT2D eigenvalue weighted by Crippen LogP contribution is -2.25. The SMILES string of the molecule is Cc1cc(Nc2nc(Nc3ccc(OCCN4CCCC4)cc3)ncc2C)ccc1C#N. The third-order valence-corrected chi connectivity index (χ3v) is 5.57. The lowest BCUT2D eigenvalue weighted by molar-refractivity contribution is 0.238. The van der Waals surface area contributed by atoms with Crippen LogP contribution in [0.15, 0.2) is 48.7 Å². The minimum absolute atomic E-state index is 0.506. The number of benzene rings is 2. The molecule has 7 heteroatoms.